The molecule has 1 aliphatic rings. The SMILES string of the molecule is Cc1ccc(OC(=O)c2ccc(C3CCCCC3)cc2)cc1F. The van der Waals surface area contributed by atoms with Crippen LogP contribution < -0.4 is 4.74 Å². The molecule has 0 saturated heterocycles. The monoisotopic (exact) mass is 312 g/mol. The van der Waals surface area contributed by atoms with Crippen LogP contribution in [0.3, 0.4) is 0 Å². The zero-order valence-corrected chi connectivity index (χ0v) is 13.3. The number of benzene rings is 2. The first-order valence-corrected chi connectivity index (χ1v) is 8.22. The average Bonchev–Trinajstić information content (AvgIpc) is 2.59. The molecule has 0 amide bonds. The topological polar surface area (TPSA) is 26.3 Å². The predicted octanol–water partition coefficient (Wildman–Crippen LogP) is 5.40. The minimum Gasteiger partial charge on any atom is -0.423 e. The zero-order valence-electron chi connectivity index (χ0n) is 13.3. The number of hydrogen-bond donors (Lipinski definition) is 0. The van der Waals surface area contributed by atoms with E-state index in [1.54, 1.807) is 31.2 Å². The first-order chi connectivity index (χ1) is 11.1. The maximum atomic E-state index is 13.5. The van der Waals surface area contributed by atoms with E-state index in [0.717, 1.165) is 0 Å². The van der Waals surface area contributed by atoms with E-state index in [1.807, 2.05) is 12.1 Å². The molecule has 23 heavy (non-hydrogen) atoms. The molecule has 2 aromatic rings. The molecular formula is C20H21FO2. The highest BCUT2D eigenvalue weighted by Gasteiger charge is 2.16. The van der Waals surface area contributed by atoms with Gasteiger partial charge in [0.2, 0.25) is 0 Å². The van der Waals surface area contributed by atoms with Gasteiger partial charge in [0.1, 0.15) is 11.6 Å². The number of hydrogen-bond acceptors (Lipinski definition) is 2. The summed E-state index contributed by atoms with van der Waals surface area (Å²) < 4.78 is 18.7. The molecule has 2 nitrogen and oxygen atoms in total. The molecular weight excluding hydrogens is 291 g/mol. The molecule has 1 aliphatic carbocycles. The Hall–Kier alpha value is -2.16. The van der Waals surface area contributed by atoms with Crippen LogP contribution in [0, 0.1) is 12.7 Å². The van der Waals surface area contributed by atoms with Crippen molar-refractivity contribution in [3.05, 3.63) is 65.0 Å². The van der Waals surface area contributed by atoms with Gasteiger partial charge in [-0.15, -0.1) is 0 Å². The molecule has 1 fully saturated rings. The maximum Gasteiger partial charge on any atom is 0.343 e. The molecule has 0 heterocycles. The molecule has 0 aliphatic heterocycles. The summed E-state index contributed by atoms with van der Waals surface area (Å²) in [6.07, 6.45) is 6.35. The van der Waals surface area contributed by atoms with Crippen molar-refractivity contribution in [1.29, 1.82) is 0 Å². The number of carbonyl (C=O) groups is 1. The molecule has 2 aromatic carbocycles. The minimum atomic E-state index is -0.455. The maximum absolute atomic E-state index is 13.5. The molecule has 0 aromatic heterocycles. The van der Waals surface area contributed by atoms with E-state index in [9.17, 15) is 9.18 Å². The van der Waals surface area contributed by atoms with Crippen molar-refractivity contribution in [3.8, 4) is 5.75 Å². The van der Waals surface area contributed by atoms with Crippen molar-refractivity contribution in [1.82, 2.24) is 0 Å². The van der Waals surface area contributed by atoms with Crippen LogP contribution in [0.2, 0.25) is 0 Å². The Bertz CT molecular complexity index is 685. The summed E-state index contributed by atoms with van der Waals surface area (Å²) in [6.45, 7) is 1.67. The van der Waals surface area contributed by atoms with Gasteiger partial charge >= 0.3 is 5.97 Å². The standard InChI is InChI=1S/C20H21FO2/c1-14-7-12-18(13-19(14)21)23-20(22)17-10-8-16(9-11-17)15-5-3-2-4-6-15/h7-13,15H,2-6H2,1H3. The lowest BCUT2D eigenvalue weighted by Crippen LogP contribution is -2.10. The van der Waals surface area contributed by atoms with E-state index >= 15 is 0 Å². The summed E-state index contributed by atoms with van der Waals surface area (Å²) >= 11 is 0. The van der Waals surface area contributed by atoms with Crippen LogP contribution in [0.25, 0.3) is 0 Å². The van der Waals surface area contributed by atoms with Gasteiger partial charge in [0.25, 0.3) is 0 Å². The quantitative estimate of drug-likeness (QED) is 0.560. The summed E-state index contributed by atoms with van der Waals surface area (Å²) in [5.41, 5.74) is 2.31. The van der Waals surface area contributed by atoms with Gasteiger partial charge in [0.15, 0.2) is 0 Å². The van der Waals surface area contributed by atoms with E-state index in [4.69, 9.17) is 4.74 Å². The van der Waals surface area contributed by atoms with Gasteiger partial charge in [-0.2, -0.15) is 0 Å². The lowest BCUT2D eigenvalue weighted by atomic mass is 9.84. The molecule has 0 bridgehead atoms. The van der Waals surface area contributed by atoms with E-state index < -0.39 is 5.97 Å². The second-order valence-corrected chi connectivity index (χ2v) is 6.26. The molecule has 0 spiro atoms. The Balaban J connectivity index is 1.68. The smallest absolute Gasteiger partial charge is 0.343 e. The van der Waals surface area contributed by atoms with Gasteiger partial charge in [-0.3, -0.25) is 0 Å². The fourth-order valence-electron chi connectivity index (χ4n) is 3.13. The number of carbonyl (C=O) groups excluding carboxylic acids is 1. The molecule has 0 atom stereocenters. The van der Waals surface area contributed by atoms with Crippen molar-refractivity contribution < 1.29 is 13.9 Å². The molecule has 3 heteroatoms. The summed E-state index contributed by atoms with van der Waals surface area (Å²) in [5.74, 6) is 0.0147. The van der Waals surface area contributed by atoms with E-state index in [1.165, 1.54) is 43.7 Å². The molecule has 0 N–H and O–H groups in total. The second kappa shape index (κ2) is 6.95. The van der Waals surface area contributed by atoms with E-state index in [2.05, 4.69) is 0 Å². The van der Waals surface area contributed by atoms with Crippen LogP contribution >= 0.6 is 0 Å². The van der Waals surface area contributed by atoms with Crippen LogP contribution in [-0.4, -0.2) is 5.97 Å². The Morgan fingerprint density at radius 1 is 1.04 bits per heavy atom. The number of halogens is 1. The van der Waals surface area contributed by atoms with Gasteiger partial charge in [-0.05, 0) is 55.0 Å². The minimum absolute atomic E-state index is 0.231. The third-order valence-corrected chi connectivity index (χ3v) is 4.58. The number of esters is 1. The van der Waals surface area contributed by atoms with Crippen molar-refractivity contribution in [3.63, 3.8) is 0 Å². The van der Waals surface area contributed by atoms with Gasteiger partial charge in [-0.25, -0.2) is 9.18 Å². The summed E-state index contributed by atoms with van der Waals surface area (Å²) in [5, 5.41) is 0. The predicted molar refractivity (Wildman–Crippen MR) is 88.4 cm³/mol. The van der Waals surface area contributed by atoms with Crippen LogP contribution in [0.1, 0.15) is 59.5 Å². The largest absolute Gasteiger partial charge is 0.423 e. The average molecular weight is 312 g/mol. The van der Waals surface area contributed by atoms with E-state index in [-0.39, 0.29) is 11.6 Å². The van der Waals surface area contributed by atoms with Gasteiger partial charge in [0, 0.05) is 6.07 Å². The Morgan fingerprint density at radius 2 is 1.74 bits per heavy atom. The number of ether oxygens (including phenoxy) is 1. The van der Waals surface area contributed by atoms with Crippen LogP contribution in [0.15, 0.2) is 42.5 Å². The third-order valence-electron chi connectivity index (χ3n) is 4.58. The normalized spacial score (nSPS) is 15.4. The van der Waals surface area contributed by atoms with Gasteiger partial charge in [0.05, 0.1) is 5.56 Å². The summed E-state index contributed by atoms with van der Waals surface area (Å²) in [4.78, 5) is 12.2. The Morgan fingerprint density at radius 3 is 2.39 bits per heavy atom. The van der Waals surface area contributed by atoms with Crippen LogP contribution in [0.5, 0.6) is 5.75 Å². The highest BCUT2D eigenvalue weighted by Crippen LogP contribution is 2.32. The first kappa shape index (κ1) is 15.7. The van der Waals surface area contributed by atoms with Gasteiger partial charge in [-0.1, -0.05) is 37.5 Å². The fraction of sp³-hybridized carbons (Fsp3) is 0.350. The van der Waals surface area contributed by atoms with Crippen LogP contribution in [-0.2, 0) is 0 Å². The highest BCUT2D eigenvalue weighted by molar-refractivity contribution is 5.91. The lowest BCUT2D eigenvalue weighted by molar-refractivity contribution is 0.0734. The number of aryl methyl sites for hydroxylation is 1. The first-order valence-electron chi connectivity index (χ1n) is 8.22. The summed E-state index contributed by atoms with van der Waals surface area (Å²) in [7, 11) is 0. The molecule has 0 radical (unpaired) electrons. The zero-order chi connectivity index (χ0) is 16.2. The molecule has 3 rings (SSSR count). The Labute approximate surface area is 136 Å². The fourth-order valence-corrected chi connectivity index (χ4v) is 3.13. The van der Waals surface area contributed by atoms with Crippen molar-refractivity contribution >= 4 is 5.97 Å². The summed E-state index contributed by atoms with van der Waals surface area (Å²) in [6, 6.07) is 12.1. The van der Waals surface area contributed by atoms with Gasteiger partial charge < -0.3 is 4.74 Å². The third kappa shape index (κ3) is 3.79. The molecule has 120 valence electrons. The van der Waals surface area contributed by atoms with E-state index in [0.29, 0.717) is 17.0 Å². The van der Waals surface area contributed by atoms with Crippen molar-refractivity contribution in [2.24, 2.45) is 0 Å². The Kier molecular flexibility index (Phi) is 4.75. The van der Waals surface area contributed by atoms with Crippen molar-refractivity contribution in [2.45, 2.75) is 44.9 Å². The lowest BCUT2D eigenvalue weighted by Gasteiger charge is -2.21. The van der Waals surface area contributed by atoms with Crippen LogP contribution in [0.4, 0.5) is 4.39 Å². The number of rotatable bonds is 3. The molecule has 1 saturated carbocycles. The highest BCUT2D eigenvalue weighted by atomic mass is 19.1. The second-order valence-electron chi connectivity index (χ2n) is 6.26. The van der Waals surface area contributed by atoms with Crippen molar-refractivity contribution in [2.75, 3.05) is 0 Å². The molecule has 0 unspecified atom stereocenters.